The minimum absolute atomic E-state index is 0.0949. The molecule has 46 heavy (non-hydrogen) atoms. The van der Waals surface area contributed by atoms with Crippen LogP contribution >= 0.6 is 0 Å². The van der Waals surface area contributed by atoms with Crippen molar-refractivity contribution in [3.05, 3.63) is 23.3 Å². The number of ether oxygens (including phenoxy) is 2. The van der Waals surface area contributed by atoms with Gasteiger partial charge >= 0.3 is 12.1 Å². The molecule has 0 heterocycles. The van der Waals surface area contributed by atoms with Crippen molar-refractivity contribution in [2.75, 3.05) is 13.2 Å². The van der Waals surface area contributed by atoms with E-state index in [-0.39, 0.29) is 17.3 Å². The van der Waals surface area contributed by atoms with Gasteiger partial charge in [-0.15, -0.1) is 0 Å². The molecule has 8 atom stereocenters. The molecule has 0 aliphatic heterocycles. The topological polar surface area (TPSA) is 142 Å². The molecule has 0 aromatic heterocycles. The number of aliphatic hydroxyl groups is 3. The van der Waals surface area contributed by atoms with E-state index >= 15 is 0 Å². The van der Waals surface area contributed by atoms with Crippen molar-refractivity contribution in [3.63, 3.8) is 0 Å². The second kappa shape index (κ2) is 14.5. The molecular formula is C37H59NO8. The molecule has 4 aliphatic rings. The molecule has 0 saturated heterocycles. The third kappa shape index (κ3) is 6.09. The zero-order valence-electron chi connectivity index (χ0n) is 29.0. The Hall–Kier alpha value is -2.23. The molecule has 4 N–H and O–H groups in total. The number of amides is 1. The summed E-state index contributed by atoms with van der Waals surface area (Å²) < 4.78 is 12.2. The van der Waals surface area contributed by atoms with E-state index in [0.717, 1.165) is 32.1 Å². The first-order valence-corrected chi connectivity index (χ1v) is 17.9. The lowest BCUT2D eigenvalue weighted by molar-refractivity contribution is -0.191. The molecule has 2 fully saturated rings. The van der Waals surface area contributed by atoms with Gasteiger partial charge in [0.25, 0.3) is 0 Å². The molecule has 4 rings (SSSR count). The fourth-order valence-corrected chi connectivity index (χ4v) is 9.24. The number of allylic oxidation sites excluding steroid dienone is 1. The molecule has 260 valence electrons. The van der Waals surface area contributed by atoms with Gasteiger partial charge in [-0.1, -0.05) is 105 Å². The first-order valence-electron chi connectivity index (χ1n) is 17.9. The minimum Gasteiger partial charge on any atom is -0.458 e. The molecule has 2 bridgehead atoms. The van der Waals surface area contributed by atoms with Crippen LogP contribution in [0.4, 0.5) is 4.79 Å². The smallest absolute Gasteiger partial charge is 0.407 e. The maximum atomic E-state index is 14.8. The number of esters is 1. The van der Waals surface area contributed by atoms with Crippen LogP contribution in [0.15, 0.2) is 23.3 Å². The number of rotatable bonds is 16. The van der Waals surface area contributed by atoms with Gasteiger partial charge < -0.3 is 30.1 Å². The molecule has 9 heteroatoms. The van der Waals surface area contributed by atoms with E-state index in [2.05, 4.69) is 12.2 Å². The summed E-state index contributed by atoms with van der Waals surface area (Å²) in [7, 11) is 0. The van der Waals surface area contributed by atoms with Crippen molar-refractivity contribution in [3.8, 4) is 0 Å². The van der Waals surface area contributed by atoms with Crippen LogP contribution in [0.1, 0.15) is 125 Å². The van der Waals surface area contributed by atoms with Crippen LogP contribution < -0.4 is 5.32 Å². The summed E-state index contributed by atoms with van der Waals surface area (Å²) in [6, 6.07) is 0. The summed E-state index contributed by atoms with van der Waals surface area (Å²) in [5.74, 6) is -2.41. The van der Waals surface area contributed by atoms with Crippen LogP contribution in [-0.4, -0.2) is 69.7 Å². The maximum Gasteiger partial charge on any atom is 0.407 e. The number of carbonyl (C=O) groups is 3. The van der Waals surface area contributed by atoms with Crippen LogP contribution in [0.2, 0.25) is 0 Å². The predicted octanol–water partition coefficient (Wildman–Crippen LogP) is 5.94. The molecule has 9 nitrogen and oxygen atoms in total. The van der Waals surface area contributed by atoms with Gasteiger partial charge in [-0.2, -0.15) is 0 Å². The van der Waals surface area contributed by atoms with E-state index < -0.39 is 64.7 Å². The quantitative estimate of drug-likeness (QED) is 0.0919. The lowest BCUT2D eigenvalue weighted by Crippen LogP contribution is -2.66. The SMILES string of the molecule is CCCCCCCCCCCC(=O)O[C@@]12C[C@@H](C)[C@]34C=C(C)[C@H](OC(=O)NCCCC)[C@@]3(O)[C@H](O)C(CO)=C[C@H](C4=O)[C@@H]1C2(C)C. The third-order valence-corrected chi connectivity index (χ3v) is 11.8. The first kappa shape index (κ1) is 36.6. The Kier molecular flexibility index (Phi) is 11.5. The van der Waals surface area contributed by atoms with Crippen LogP contribution in [-0.2, 0) is 19.1 Å². The number of fused-ring (bicyclic) bond motifs is 3. The van der Waals surface area contributed by atoms with Gasteiger partial charge in [-0.3, -0.25) is 9.59 Å². The summed E-state index contributed by atoms with van der Waals surface area (Å²) in [4.78, 5) is 41.0. The summed E-state index contributed by atoms with van der Waals surface area (Å²) in [5.41, 5.74) is -4.85. The standard InChI is InChI=1S/C37H59NO8/c1-7-9-11-12-13-14-15-16-17-18-28(40)46-36-22-25(4)35-21-24(3)32(45-33(43)38-19-10-8-2)37(35,44)30(41)26(23-39)20-27(31(35)42)29(36)34(36,5)6/h20-21,25,27,29-30,32,39,41,44H,7-19,22-23H2,1-6H3,(H,38,43)/t25-,27+,29-,30-,32+,35+,36+,37+/m1/s1. The Morgan fingerprint density at radius 2 is 1.61 bits per heavy atom. The van der Waals surface area contributed by atoms with Crippen LogP contribution in [0, 0.1) is 28.6 Å². The summed E-state index contributed by atoms with van der Waals surface area (Å²) in [6.07, 6.45) is 12.0. The van der Waals surface area contributed by atoms with Gasteiger partial charge in [0.2, 0.25) is 0 Å². The minimum atomic E-state index is -2.26. The molecule has 1 spiro atoms. The largest absolute Gasteiger partial charge is 0.458 e. The van der Waals surface area contributed by atoms with Crippen molar-refractivity contribution in [1.82, 2.24) is 5.32 Å². The summed E-state index contributed by atoms with van der Waals surface area (Å²) in [5, 5.41) is 37.5. The Labute approximate surface area is 275 Å². The molecular weight excluding hydrogens is 586 g/mol. The lowest BCUT2D eigenvalue weighted by Gasteiger charge is -2.49. The van der Waals surface area contributed by atoms with Gasteiger partial charge in [0.15, 0.2) is 17.5 Å². The molecule has 2 saturated carbocycles. The molecule has 0 aromatic rings. The van der Waals surface area contributed by atoms with Gasteiger partial charge in [0, 0.05) is 30.2 Å². The average molecular weight is 646 g/mol. The van der Waals surface area contributed by atoms with Gasteiger partial charge in [0.05, 0.1) is 12.0 Å². The van der Waals surface area contributed by atoms with Crippen molar-refractivity contribution < 1.29 is 39.2 Å². The van der Waals surface area contributed by atoms with Gasteiger partial charge in [-0.25, -0.2) is 4.79 Å². The number of Topliss-reactive ketones (excluding diaryl/α,β-unsaturated/α-hetero) is 1. The zero-order chi connectivity index (χ0) is 33.9. The number of nitrogens with one attached hydrogen (secondary N) is 1. The summed E-state index contributed by atoms with van der Waals surface area (Å²) >= 11 is 0. The number of alkyl carbamates (subject to hydrolysis) is 1. The number of ketones is 1. The van der Waals surface area contributed by atoms with E-state index in [1.807, 2.05) is 27.7 Å². The Morgan fingerprint density at radius 1 is 1.00 bits per heavy atom. The first-order chi connectivity index (χ1) is 21.8. The zero-order valence-corrected chi connectivity index (χ0v) is 29.0. The number of hydrogen-bond acceptors (Lipinski definition) is 8. The van der Waals surface area contributed by atoms with Crippen LogP contribution in [0.25, 0.3) is 0 Å². The number of carbonyl (C=O) groups excluding carboxylic acids is 3. The van der Waals surface area contributed by atoms with E-state index in [0.29, 0.717) is 25.0 Å². The molecule has 4 aliphatic carbocycles. The highest BCUT2D eigenvalue weighted by Gasteiger charge is 2.83. The Morgan fingerprint density at radius 3 is 2.22 bits per heavy atom. The van der Waals surface area contributed by atoms with Crippen LogP contribution in [0.5, 0.6) is 0 Å². The van der Waals surface area contributed by atoms with Crippen molar-refractivity contribution in [2.45, 2.75) is 148 Å². The fourth-order valence-electron chi connectivity index (χ4n) is 9.24. The molecule has 0 aromatic carbocycles. The fraction of sp³-hybridized carbons (Fsp3) is 0.811. The third-order valence-electron chi connectivity index (χ3n) is 11.8. The molecule has 0 unspecified atom stereocenters. The lowest BCUT2D eigenvalue weighted by atomic mass is 9.59. The van der Waals surface area contributed by atoms with E-state index in [9.17, 15) is 29.7 Å². The van der Waals surface area contributed by atoms with E-state index in [1.54, 1.807) is 19.1 Å². The maximum absolute atomic E-state index is 14.8. The summed E-state index contributed by atoms with van der Waals surface area (Å²) in [6.45, 7) is 11.5. The van der Waals surface area contributed by atoms with Crippen molar-refractivity contribution >= 4 is 17.8 Å². The van der Waals surface area contributed by atoms with E-state index in [1.165, 1.54) is 38.5 Å². The van der Waals surface area contributed by atoms with Gasteiger partial charge in [-0.05, 0) is 43.3 Å². The predicted molar refractivity (Wildman–Crippen MR) is 176 cm³/mol. The monoisotopic (exact) mass is 645 g/mol. The van der Waals surface area contributed by atoms with Crippen LogP contribution in [0.3, 0.4) is 0 Å². The second-order valence-corrected chi connectivity index (χ2v) is 15.1. The van der Waals surface area contributed by atoms with E-state index in [4.69, 9.17) is 9.47 Å². The average Bonchev–Trinajstić information content (AvgIpc) is 3.41. The number of hydrogen-bond donors (Lipinski definition) is 4. The second-order valence-electron chi connectivity index (χ2n) is 15.1. The van der Waals surface area contributed by atoms with Crippen molar-refractivity contribution in [2.24, 2.45) is 28.6 Å². The number of unbranched alkanes of at least 4 members (excludes halogenated alkanes) is 9. The number of aliphatic hydroxyl groups excluding tert-OH is 2. The Balaban J connectivity index is 1.57. The molecule has 0 radical (unpaired) electrons. The van der Waals surface area contributed by atoms with Crippen molar-refractivity contribution in [1.29, 1.82) is 0 Å². The highest BCUT2D eigenvalue weighted by atomic mass is 16.6. The Bertz CT molecular complexity index is 1190. The highest BCUT2D eigenvalue weighted by molar-refractivity contribution is 5.96. The molecule has 1 amide bonds. The van der Waals surface area contributed by atoms with Gasteiger partial charge in [0.1, 0.15) is 11.7 Å². The normalized spacial score (nSPS) is 35.6. The highest BCUT2D eigenvalue weighted by Crippen LogP contribution is 2.75.